The fraction of sp³-hybridized carbons (Fsp3) is 0.261. The Labute approximate surface area is 180 Å². The molecule has 0 aliphatic heterocycles. The maximum Gasteiger partial charge on any atom is 0.341 e. The average Bonchev–Trinajstić information content (AvgIpc) is 3.16. The predicted octanol–water partition coefficient (Wildman–Crippen LogP) is 5.24. The van der Waals surface area contributed by atoms with Gasteiger partial charge in [0.05, 0.1) is 20.8 Å². The maximum absolute atomic E-state index is 12.8. The van der Waals surface area contributed by atoms with Crippen molar-refractivity contribution in [3.63, 3.8) is 0 Å². The second-order valence-electron chi connectivity index (χ2n) is 6.63. The Morgan fingerprint density at radius 2 is 1.87 bits per heavy atom. The number of aryl methyl sites for hydroxylation is 1. The van der Waals surface area contributed by atoms with E-state index in [2.05, 4.69) is 5.32 Å². The molecule has 158 valence electrons. The molecule has 6 nitrogen and oxygen atoms in total. The summed E-state index contributed by atoms with van der Waals surface area (Å²) in [5, 5.41) is 16.0. The van der Waals surface area contributed by atoms with Crippen molar-refractivity contribution in [3.05, 3.63) is 58.5 Å². The third-order valence-electron chi connectivity index (χ3n) is 4.65. The van der Waals surface area contributed by atoms with Crippen LogP contribution in [0.1, 0.15) is 28.4 Å². The number of anilines is 1. The van der Waals surface area contributed by atoms with Crippen LogP contribution in [-0.2, 0) is 11.3 Å². The molecule has 0 unspecified atom stereocenters. The lowest BCUT2D eigenvalue weighted by Gasteiger charge is -2.12. The summed E-state index contributed by atoms with van der Waals surface area (Å²) in [6.07, 6.45) is 0. The van der Waals surface area contributed by atoms with Crippen molar-refractivity contribution in [1.29, 1.82) is 0 Å². The molecule has 0 radical (unpaired) electrons. The van der Waals surface area contributed by atoms with Crippen LogP contribution >= 0.6 is 11.3 Å². The number of methoxy groups -OCH3 is 2. The number of hydrogen-bond donors (Lipinski definition) is 2. The third kappa shape index (κ3) is 4.52. The number of hydrogen-bond acceptors (Lipinski definition) is 7. The lowest BCUT2D eigenvalue weighted by Crippen LogP contribution is -2.09. The fourth-order valence-corrected chi connectivity index (χ4v) is 4.07. The molecular formula is C23H25NO5S. The topological polar surface area (TPSA) is 77.0 Å². The Hall–Kier alpha value is -3.19. The molecule has 30 heavy (non-hydrogen) atoms. The quantitative estimate of drug-likeness (QED) is 0.479. The van der Waals surface area contributed by atoms with Crippen LogP contribution in [0.25, 0.3) is 11.1 Å². The van der Waals surface area contributed by atoms with Gasteiger partial charge in [0.25, 0.3) is 0 Å². The number of esters is 1. The highest BCUT2D eigenvalue weighted by Gasteiger charge is 2.22. The SMILES string of the molecule is CCOC(=O)c1c(-c2ccc(OC)c(OC)c2)csc1NCc1ccc(C)cc1O. The number of thiophene rings is 1. The van der Waals surface area contributed by atoms with Gasteiger partial charge in [0.2, 0.25) is 0 Å². The summed E-state index contributed by atoms with van der Waals surface area (Å²) >= 11 is 1.41. The van der Waals surface area contributed by atoms with Crippen molar-refractivity contribution in [3.8, 4) is 28.4 Å². The van der Waals surface area contributed by atoms with Gasteiger partial charge in [-0.25, -0.2) is 4.79 Å². The van der Waals surface area contributed by atoms with Gasteiger partial charge in [-0.3, -0.25) is 0 Å². The molecule has 2 aromatic carbocycles. The minimum absolute atomic E-state index is 0.219. The first-order valence-corrected chi connectivity index (χ1v) is 10.4. The molecule has 1 aromatic heterocycles. The Bertz CT molecular complexity index is 1040. The van der Waals surface area contributed by atoms with Crippen LogP contribution in [0.4, 0.5) is 5.00 Å². The minimum Gasteiger partial charge on any atom is -0.508 e. The molecule has 0 aliphatic rings. The van der Waals surface area contributed by atoms with Gasteiger partial charge in [0.15, 0.2) is 11.5 Å². The molecule has 0 aliphatic carbocycles. The van der Waals surface area contributed by atoms with Crippen LogP contribution in [0.3, 0.4) is 0 Å². The first-order valence-electron chi connectivity index (χ1n) is 9.51. The average molecular weight is 428 g/mol. The number of rotatable bonds is 8. The minimum atomic E-state index is -0.404. The zero-order valence-electron chi connectivity index (χ0n) is 17.4. The largest absolute Gasteiger partial charge is 0.508 e. The summed E-state index contributed by atoms with van der Waals surface area (Å²) in [6.45, 7) is 4.35. The first kappa shape index (κ1) is 21.5. The van der Waals surface area contributed by atoms with Crippen LogP contribution in [0.2, 0.25) is 0 Å². The molecule has 0 spiro atoms. The number of carbonyl (C=O) groups is 1. The van der Waals surface area contributed by atoms with Gasteiger partial charge in [-0.05, 0) is 43.2 Å². The summed E-state index contributed by atoms with van der Waals surface area (Å²) < 4.78 is 16.0. The van der Waals surface area contributed by atoms with Crippen molar-refractivity contribution in [2.45, 2.75) is 20.4 Å². The molecule has 1 heterocycles. The van der Waals surface area contributed by atoms with E-state index in [1.165, 1.54) is 11.3 Å². The van der Waals surface area contributed by atoms with E-state index in [1.807, 2.05) is 36.6 Å². The Morgan fingerprint density at radius 3 is 2.53 bits per heavy atom. The number of benzene rings is 2. The van der Waals surface area contributed by atoms with Gasteiger partial charge in [0, 0.05) is 23.1 Å². The summed E-state index contributed by atoms with van der Waals surface area (Å²) in [7, 11) is 3.15. The number of carbonyl (C=O) groups excluding carboxylic acids is 1. The zero-order chi connectivity index (χ0) is 21.7. The molecule has 2 N–H and O–H groups in total. The van der Waals surface area contributed by atoms with Crippen LogP contribution in [-0.4, -0.2) is 31.9 Å². The molecule has 7 heteroatoms. The van der Waals surface area contributed by atoms with Gasteiger partial charge in [-0.1, -0.05) is 18.2 Å². The number of ether oxygens (including phenoxy) is 3. The van der Waals surface area contributed by atoms with E-state index in [4.69, 9.17) is 14.2 Å². The molecule has 3 aromatic rings. The second kappa shape index (κ2) is 9.54. The Morgan fingerprint density at radius 1 is 1.10 bits per heavy atom. The van der Waals surface area contributed by atoms with E-state index < -0.39 is 5.97 Å². The highest BCUT2D eigenvalue weighted by Crippen LogP contribution is 2.40. The summed E-state index contributed by atoms with van der Waals surface area (Å²) in [4.78, 5) is 12.8. The van der Waals surface area contributed by atoms with Gasteiger partial charge in [-0.2, -0.15) is 0 Å². The van der Waals surface area contributed by atoms with Crippen molar-refractivity contribution >= 4 is 22.3 Å². The number of phenolic OH excluding ortho intramolecular Hbond substituents is 1. The van der Waals surface area contributed by atoms with Gasteiger partial charge in [0.1, 0.15) is 16.3 Å². The third-order valence-corrected chi connectivity index (χ3v) is 5.58. The predicted molar refractivity (Wildman–Crippen MR) is 119 cm³/mol. The standard InChI is InChI=1S/C23H25NO5S/c1-5-29-23(26)21-17(15-8-9-19(27-3)20(11-15)28-4)13-30-22(21)24-12-16-7-6-14(2)10-18(16)25/h6-11,13,24-25H,5,12H2,1-4H3. The number of phenols is 1. The smallest absolute Gasteiger partial charge is 0.341 e. The molecule has 0 amide bonds. The van der Waals surface area contributed by atoms with E-state index in [1.54, 1.807) is 33.3 Å². The van der Waals surface area contributed by atoms with E-state index in [0.717, 1.165) is 22.3 Å². The van der Waals surface area contributed by atoms with Crippen LogP contribution < -0.4 is 14.8 Å². The molecule has 0 fully saturated rings. The van der Waals surface area contributed by atoms with Crippen molar-refractivity contribution in [1.82, 2.24) is 0 Å². The van der Waals surface area contributed by atoms with E-state index in [9.17, 15) is 9.90 Å². The van der Waals surface area contributed by atoms with Crippen molar-refractivity contribution in [2.75, 3.05) is 26.1 Å². The second-order valence-corrected chi connectivity index (χ2v) is 7.51. The van der Waals surface area contributed by atoms with Gasteiger partial charge in [-0.15, -0.1) is 11.3 Å². The molecule has 0 bridgehead atoms. The summed E-state index contributed by atoms with van der Waals surface area (Å²) in [5.74, 6) is 1.01. The first-order chi connectivity index (χ1) is 14.5. The fourth-order valence-electron chi connectivity index (χ4n) is 3.11. The van der Waals surface area contributed by atoms with Crippen LogP contribution in [0.15, 0.2) is 41.8 Å². The number of nitrogens with one attached hydrogen (secondary N) is 1. The lowest BCUT2D eigenvalue weighted by molar-refractivity contribution is 0.0529. The van der Waals surface area contributed by atoms with Gasteiger partial charge >= 0.3 is 5.97 Å². The molecular weight excluding hydrogens is 402 g/mol. The Balaban J connectivity index is 1.97. The molecule has 3 rings (SSSR count). The highest BCUT2D eigenvalue weighted by atomic mass is 32.1. The normalized spacial score (nSPS) is 10.5. The monoisotopic (exact) mass is 427 g/mol. The Kier molecular flexibility index (Phi) is 6.84. The zero-order valence-corrected chi connectivity index (χ0v) is 18.3. The van der Waals surface area contributed by atoms with Crippen LogP contribution in [0.5, 0.6) is 17.2 Å². The van der Waals surface area contributed by atoms with Crippen molar-refractivity contribution in [2.24, 2.45) is 0 Å². The lowest BCUT2D eigenvalue weighted by atomic mass is 10.0. The number of aromatic hydroxyl groups is 1. The van der Waals surface area contributed by atoms with E-state index >= 15 is 0 Å². The molecule has 0 atom stereocenters. The van der Waals surface area contributed by atoms with Gasteiger partial charge < -0.3 is 24.6 Å². The maximum atomic E-state index is 12.8. The van der Waals surface area contributed by atoms with E-state index in [0.29, 0.717) is 28.6 Å². The summed E-state index contributed by atoms with van der Waals surface area (Å²) in [5.41, 5.74) is 3.75. The summed E-state index contributed by atoms with van der Waals surface area (Å²) in [6, 6.07) is 11.0. The molecule has 0 saturated carbocycles. The van der Waals surface area contributed by atoms with E-state index in [-0.39, 0.29) is 12.4 Å². The van der Waals surface area contributed by atoms with Crippen LogP contribution in [0, 0.1) is 6.92 Å². The highest BCUT2D eigenvalue weighted by molar-refractivity contribution is 7.15. The molecule has 0 saturated heterocycles. The van der Waals surface area contributed by atoms with Crippen molar-refractivity contribution < 1.29 is 24.1 Å².